The van der Waals surface area contributed by atoms with Crippen LogP contribution in [0, 0.1) is 12.7 Å². The van der Waals surface area contributed by atoms with Crippen LogP contribution in [0.2, 0.25) is 0 Å². The summed E-state index contributed by atoms with van der Waals surface area (Å²) in [6.07, 6.45) is -1.08. The average Bonchev–Trinajstić information content (AvgIpc) is 3.04. The molecule has 1 heterocycles. The largest absolute Gasteiger partial charge is 0.465 e. The highest BCUT2D eigenvalue weighted by atomic mass is 35.5. The fourth-order valence-corrected chi connectivity index (χ4v) is 3.18. The fraction of sp³-hybridized carbons (Fsp3) is 0.200. The van der Waals surface area contributed by atoms with Gasteiger partial charge in [-0.05, 0) is 24.1 Å². The van der Waals surface area contributed by atoms with Crippen LogP contribution in [-0.4, -0.2) is 16.4 Å². The number of halogens is 2. The van der Waals surface area contributed by atoms with E-state index < -0.39 is 18.0 Å². The minimum absolute atomic E-state index is 0.133. The molecule has 0 spiro atoms. The van der Waals surface area contributed by atoms with Crippen molar-refractivity contribution >= 4 is 17.7 Å². The second kappa shape index (κ2) is 8.22. The quantitative estimate of drug-likeness (QED) is 0.577. The second-order valence-electron chi connectivity index (χ2n) is 6.14. The van der Waals surface area contributed by atoms with Crippen LogP contribution >= 0.6 is 11.6 Å². The van der Waals surface area contributed by atoms with Crippen molar-refractivity contribution in [2.24, 2.45) is 0 Å². The van der Waals surface area contributed by atoms with Gasteiger partial charge in [0.2, 0.25) is 0 Å². The molecule has 2 N–H and O–H groups in total. The molecule has 0 aliphatic carbocycles. The van der Waals surface area contributed by atoms with Gasteiger partial charge in [-0.3, -0.25) is 0 Å². The number of aromatic nitrogens is 1. The van der Waals surface area contributed by atoms with Crippen molar-refractivity contribution in [3.8, 4) is 11.3 Å². The van der Waals surface area contributed by atoms with E-state index in [-0.39, 0.29) is 6.42 Å². The van der Waals surface area contributed by atoms with E-state index in [0.29, 0.717) is 28.5 Å². The first-order chi connectivity index (χ1) is 13.0. The van der Waals surface area contributed by atoms with Gasteiger partial charge < -0.3 is 14.9 Å². The molecule has 3 rings (SSSR count). The fourth-order valence-electron chi connectivity index (χ4n) is 3.00. The molecule has 0 radical (unpaired) electrons. The highest BCUT2D eigenvalue weighted by Gasteiger charge is 2.26. The van der Waals surface area contributed by atoms with Gasteiger partial charge in [-0.2, -0.15) is 0 Å². The lowest BCUT2D eigenvalue weighted by Gasteiger charge is -2.18. The molecule has 0 saturated carbocycles. The Hall–Kier alpha value is -2.86. The number of amides is 1. The molecule has 0 fully saturated rings. The number of nitrogens with one attached hydrogen (secondary N) is 1. The Morgan fingerprint density at radius 1 is 1.26 bits per heavy atom. The zero-order valence-corrected chi connectivity index (χ0v) is 15.3. The lowest BCUT2D eigenvalue weighted by molar-refractivity contribution is 0.189. The molecule has 1 atom stereocenters. The standard InChI is InChI=1S/C20H18ClFN2O3/c1-12-18(19(27-24-12)14-8-6-13(11-21)7-9-14)17(23-20(25)26)10-15-4-2-3-5-16(15)22/h2-9,17,23H,10-11H2,1H3,(H,25,26)/t17-/m1/s1. The molecule has 27 heavy (non-hydrogen) atoms. The molecule has 0 aliphatic heterocycles. The summed E-state index contributed by atoms with van der Waals surface area (Å²) in [5.74, 6) is 0.444. The number of carboxylic acid groups (broad SMARTS) is 1. The van der Waals surface area contributed by atoms with Crippen molar-refractivity contribution in [2.75, 3.05) is 0 Å². The molecule has 1 aromatic heterocycles. The third kappa shape index (κ3) is 4.28. The van der Waals surface area contributed by atoms with Crippen LogP contribution in [0.25, 0.3) is 11.3 Å². The number of hydrogen-bond donors (Lipinski definition) is 2. The Balaban J connectivity index is 2.02. The van der Waals surface area contributed by atoms with Crippen molar-refractivity contribution in [1.82, 2.24) is 10.5 Å². The lowest BCUT2D eigenvalue weighted by Crippen LogP contribution is -2.29. The normalized spacial score (nSPS) is 12.0. The monoisotopic (exact) mass is 388 g/mol. The summed E-state index contributed by atoms with van der Waals surface area (Å²) in [4.78, 5) is 11.4. The molecular weight excluding hydrogens is 371 g/mol. The lowest BCUT2D eigenvalue weighted by atomic mass is 9.94. The van der Waals surface area contributed by atoms with Gasteiger partial charge in [0.15, 0.2) is 5.76 Å². The summed E-state index contributed by atoms with van der Waals surface area (Å²) < 4.78 is 19.6. The van der Waals surface area contributed by atoms with Crippen LogP contribution in [0.5, 0.6) is 0 Å². The average molecular weight is 389 g/mol. The number of nitrogens with zero attached hydrogens (tertiary/aromatic N) is 1. The first kappa shape index (κ1) is 18.9. The van der Waals surface area contributed by atoms with Gasteiger partial charge in [0.25, 0.3) is 0 Å². The third-order valence-electron chi connectivity index (χ3n) is 4.31. The first-order valence-corrected chi connectivity index (χ1v) is 8.87. The van der Waals surface area contributed by atoms with E-state index in [1.807, 2.05) is 24.3 Å². The van der Waals surface area contributed by atoms with Gasteiger partial charge in [-0.1, -0.05) is 47.6 Å². The van der Waals surface area contributed by atoms with Gasteiger partial charge in [-0.15, -0.1) is 11.6 Å². The zero-order valence-electron chi connectivity index (χ0n) is 14.6. The predicted octanol–water partition coefficient (Wildman–Crippen LogP) is 5.08. The van der Waals surface area contributed by atoms with Crippen molar-refractivity contribution in [1.29, 1.82) is 0 Å². The van der Waals surface area contributed by atoms with E-state index in [9.17, 15) is 14.3 Å². The summed E-state index contributed by atoms with van der Waals surface area (Å²) in [5.41, 5.74) is 3.22. The zero-order chi connectivity index (χ0) is 19.4. The summed E-state index contributed by atoms with van der Waals surface area (Å²) in [5, 5.41) is 15.7. The van der Waals surface area contributed by atoms with E-state index in [2.05, 4.69) is 10.5 Å². The molecule has 0 unspecified atom stereocenters. The van der Waals surface area contributed by atoms with E-state index in [1.54, 1.807) is 25.1 Å². The number of aryl methyl sites for hydroxylation is 1. The van der Waals surface area contributed by atoms with Crippen LogP contribution in [0.3, 0.4) is 0 Å². The van der Waals surface area contributed by atoms with Gasteiger partial charge in [0.1, 0.15) is 5.82 Å². The molecule has 2 aromatic carbocycles. The minimum Gasteiger partial charge on any atom is -0.465 e. The SMILES string of the molecule is Cc1noc(-c2ccc(CCl)cc2)c1[C@@H](Cc1ccccc1F)NC(=O)O. The number of hydrogen-bond acceptors (Lipinski definition) is 3. The molecule has 3 aromatic rings. The number of rotatable bonds is 6. The summed E-state index contributed by atoms with van der Waals surface area (Å²) in [6, 6.07) is 13.0. The molecule has 0 bridgehead atoms. The van der Waals surface area contributed by atoms with Gasteiger partial charge in [-0.25, -0.2) is 9.18 Å². The number of alkyl halides is 1. The smallest absolute Gasteiger partial charge is 0.405 e. The highest BCUT2D eigenvalue weighted by Crippen LogP contribution is 2.33. The van der Waals surface area contributed by atoms with E-state index in [0.717, 1.165) is 11.1 Å². The Morgan fingerprint density at radius 2 is 1.96 bits per heavy atom. The van der Waals surface area contributed by atoms with Crippen molar-refractivity contribution in [3.05, 3.63) is 76.7 Å². The van der Waals surface area contributed by atoms with E-state index >= 15 is 0 Å². The summed E-state index contributed by atoms with van der Waals surface area (Å²) in [6.45, 7) is 1.73. The molecule has 0 saturated heterocycles. The maximum atomic E-state index is 14.1. The second-order valence-corrected chi connectivity index (χ2v) is 6.41. The topological polar surface area (TPSA) is 75.4 Å². The van der Waals surface area contributed by atoms with Crippen molar-refractivity contribution in [3.63, 3.8) is 0 Å². The molecular formula is C20H18ClFN2O3. The third-order valence-corrected chi connectivity index (χ3v) is 4.62. The summed E-state index contributed by atoms with van der Waals surface area (Å²) in [7, 11) is 0. The number of benzene rings is 2. The maximum Gasteiger partial charge on any atom is 0.405 e. The Morgan fingerprint density at radius 3 is 2.59 bits per heavy atom. The van der Waals surface area contributed by atoms with Crippen LogP contribution < -0.4 is 5.32 Å². The highest BCUT2D eigenvalue weighted by molar-refractivity contribution is 6.17. The van der Waals surface area contributed by atoms with Gasteiger partial charge in [0, 0.05) is 23.4 Å². The maximum absolute atomic E-state index is 14.1. The predicted molar refractivity (Wildman–Crippen MR) is 100 cm³/mol. The molecule has 1 amide bonds. The Labute approximate surface area is 160 Å². The Bertz CT molecular complexity index is 941. The molecule has 0 aliphatic rings. The molecule has 5 nitrogen and oxygen atoms in total. The summed E-state index contributed by atoms with van der Waals surface area (Å²) >= 11 is 5.83. The van der Waals surface area contributed by atoms with Crippen molar-refractivity contribution < 1.29 is 18.8 Å². The van der Waals surface area contributed by atoms with E-state index in [4.69, 9.17) is 16.1 Å². The minimum atomic E-state index is -1.21. The van der Waals surface area contributed by atoms with Crippen molar-refractivity contribution in [2.45, 2.75) is 25.3 Å². The number of carbonyl (C=O) groups is 1. The molecule has 140 valence electrons. The molecule has 7 heteroatoms. The van der Waals surface area contributed by atoms with E-state index in [1.165, 1.54) is 6.07 Å². The van der Waals surface area contributed by atoms with Gasteiger partial charge in [0.05, 0.1) is 11.7 Å². The van der Waals surface area contributed by atoms with Gasteiger partial charge >= 0.3 is 6.09 Å². The Kier molecular flexibility index (Phi) is 5.76. The van der Waals surface area contributed by atoms with Crippen LogP contribution in [0.1, 0.15) is 28.4 Å². The van der Waals surface area contributed by atoms with Crippen LogP contribution in [0.4, 0.5) is 9.18 Å². The van der Waals surface area contributed by atoms with Crippen LogP contribution in [0.15, 0.2) is 53.1 Å². The first-order valence-electron chi connectivity index (χ1n) is 8.34. The van der Waals surface area contributed by atoms with Crippen LogP contribution in [-0.2, 0) is 12.3 Å².